The van der Waals surface area contributed by atoms with E-state index < -0.39 is 0 Å². The Balaban J connectivity index is 0. The van der Waals surface area contributed by atoms with Gasteiger partial charge in [-0.3, -0.25) is 0 Å². The summed E-state index contributed by atoms with van der Waals surface area (Å²) in [6, 6.07) is 12.6. The van der Waals surface area contributed by atoms with Gasteiger partial charge in [0.15, 0.2) is 0 Å². The van der Waals surface area contributed by atoms with E-state index in [-0.39, 0.29) is 46.5 Å². The molecule has 1 nitrogen and oxygen atoms in total. The molecule has 0 saturated carbocycles. The van der Waals surface area contributed by atoms with Gasteiger partial charge in [0.05, 0.1) is 0 Å². The monoisotopic (exact) mass is 437 g/mol. The van der Waals surface area contributed by atoms with E-state index >= 15 is 0 Å². The molecule has 27 heavy (non-hydrogen) atoms. The van der Waals surface area contributed by atoms with Gasteiger partial charge in [0, 0.05) is 0 Å². The van der Waals surface area contributed by atoms with E-state index in [9.17, 15) is 0 Å². The first-order valence-corrected chi connectivity index (χ1v) is 8.48. The Hall–Kier alpha value is -1.12. The van der Waals surface area contributed by atoms with Crippen LogP contribution in [0.4, 0.5) is 5.69 Å². The van der Waals surface area contributed by atoms with Crippen LogP contribution >= 0.6 is 24.8 Å². The van der Waals surface area contributed by atoms with Crippen LogP contribution in [0, 0.1) is 27.2 Å². The molecule has 0 aliphatic heterocycles. The van der Waals surface area contributed by atoms with Crippen LogP contribution in [-0.4, -0.2) is 0 Å². The summed E-state index contributed by atoms with van der Waals surface area (Å²) in [7, 11) is 0. The fourth-order valence-electron chi connectivity index (χ4n) is 3.07. The third kappa shape index (κ3) is 7.80. The maximum absolute atomic E-state index is 7.54. The molecule has 0 heterocycles. The zero-order chi connectivity index (χ0) is 17.7. The molecule has 0 fully saturated rings. The zero-order valence-corrected chi connectivity index (χ0v) is 19.9. The molecule has 2 aromatic carbocycles. The van der Waals surface area contributed by atoms with Gasteiger partial charge in [-0.15, -0.1) is 48.2 Å². The van der Waals surface area contributed by atoms with Gasteiger partial charge in [0.1, 0.15) is 0 Å². The number of hydrogen-bond acceptors (Lipinski definition) is 0. The van der Waals surface area contributed by atoms with Gasteiger partial charge in [-0.25, -0.2) is 0 Å². The van der Waals surface area contributed by atoms with Crippen LogP contribution in [0.1, 0.15) is 48.1 Å². The quantitative estimate of drug-likeness (QED) is 0.334. The van der Waals surface area contributed by atoms with E-state index in [1.165, 1.54) is 27.8 Å². The van der Waals surface area contributed by atoms with Gasteiger partial charge < -0.3 is 5.73 Å². The second-order valence-electron chi connectivity index (χ2n) is 6.47. The predicted octanol–water partition coefficient (Wildman–Crippen LogP) is 8.13. The number of benzene rings is 2. The van der Waals surface area contributed by atoms with Crippen molar-refractivity contribution in [2.75, 3.05) is 0 Å². The van der Waals surface area contributed by atoms with E-state index in [1.807, 2.05) is 26.0 Å². The summed E-state index contributed by atoms with van der Waals surface area (Å²) in [4.78, 5) is 0. The second-order valence-corrected chi connectivity index (χ2v) is 6.47. The maximum atomic E-state index is 7.54. The third-order valence-corrected chi connectivity index (χ3v) is 4.34. The van der Waals surface area contributed by atoms with Crippen molar-refractivity contribution in [3.05, 3.63) is 94.1 Å². The molecule has 144 valence electrons. The SMILES string of the molecule is C[CH-]c1ccccc1C1=CC(C)=CC1.Cc1cc(C)c([NH-])c(C)c1.Cl.Cl.[Ti+2]. The number of halogens is 2. The number of allylic oxidation sites excluding steroid dienone is 4. The average molecular weight is 438 g/mol. The normalized spacial score (nSPS) is 11.4. The van der Waals surface area contributed by atoms with Crippen LogP contribution in [0.3, 0.4) is 0 Å². The van der Waals surface area contributed by atoms with E-state index in [4.69, 9.17) is 5.73 Å². The Morgan fingerprint density at radius 1 is 0.926 bits per heavy atom. The van der Waals surface area contributed by atoms with E-state index in [0.29, 0.717) is 5.69 Å². The van der Waals surface area contributed by atoms with E-state index in [0.717, 1.165) is 17.5 Å². The molecule has 3 rings (SSSR count). The van der Waals surface area contributed by atoms with E-state index in [2.05, 4.69) is 63.6 Å². The summed E-state index contributed by atoms with van der Waals surface area (Å²) in [5.74, 6) is 0. The first kappa shape index (κ1) is 28.1. The number of nitrogens with one attached hydrogen (secondary N) is 1. The molecule has 4 heteroatoms. The van der Waals surface area contributed by atoms with Gasteiger partial charge in [0.25, 0.3) is 0 Å². The first-order chi connectivity index (χ1) is 11.4. The molecule has 0 spiro atoms. The molecular formula is C23H29Cl2NTi. The van der Waals surface area contributed by atoms with Crippen LogP contribution in [0.2, 0.25) is 0 Å². The van der Waals surface area contributed by atoms with Crippen molar-refractivity contribution in [2.45, 2.75) is 41.0 Å². The van der Waals surface area contributed by atoms with Crippen molar-refractivity contribution in [3.8, 4) is 0 Å². The Kier molecular flexibility index (Phi) is 13.7. The second kappa shape index (κ2) is 13.1. The molecular weight excluding hydrogens is 409 g/mol. The van der Waals surface area contributed by atoms with Gasteiger partial charge in [0.2, 0.25) is 0 Å². The molecule has 0 aromatic heterocycles. The summed E-state index contributed by atoms with van der Waals surface area (Å²) in [6.45, 7) is 10.3. The minimum Gasteiger partial charge on any atom is -0.698 e. The first-order valence-electron chi connectivity index (χ1n) is 8.48. The summed E-state index contributed by atoms with van der Waals surface area (Å²) >= 11 is 0. The summed E-state index contributed by atoms with van der Waals surface area (Å²) < 4.78 is 0. The molecule has 0 bridgehead atoms. The van der Waals surface area contributed by atoms with Gasteiger partial charge >= 0.3 is 21.7 Å². The summed E-state index contributed by atoms with van der Waals surface area (Å²) in [5.41, 5.74) is 17.1. The van der Waals surface area contributed by atoms with Crippen LogP contribution in [0.15, 0.2) is 54.1 Å². The Labute approximate surface area is 192 Å². The molecule has 1 aliphatic carbocycles. The van der Waals surface area contributed by atoms with E-state index in [1.54, 1.807) is 0 Å². The van der Waals surface area contributed by atoms with Crippen molar-refractivity contribution in [1.82, 2.24) is 0 Å². The summed E-state index contributed by atoms with van der Waals surface area (Å²) in [5, 5.41) is 0. The topological polar surface area (TPSA) is 23.8 Å². The maximum Gasteiger partial charge on any atom is 2.00 e. The van der Waals surface area contributed by atoms with Crippen LogP contribution in [-0.2, 0) is 21.7 Å². The Bertz CT molecular complexity index is 772. The Morgan fingerprint density at radius 2 is 1.48 bits per heavy atom. The standard InChI is InChI=1S/C14H15.C9H12N.2ClH.Ti/c1-3-12-6-4-5-7-14(12)13-9-8-11(2)10-13;1-6-4-7(2)9(10)8(3)5-6;;;/h3-8,10H,9H2,1-2H3;4-5,10H,1-3H3;2*1H;/q2*-1;;;+2. The van der Waals surface area contributed by atoms with Crippen LogP contribution < -0.4 is 0 Å². The molecule has 0 saturated heterocycles. The Morgan fingerprint density at radius 3 is 1.96 bits per heavy atom. The fourth-order valence-corrected chi connectivity index (χ4v) is 3.07. The minimum atomic E-state index is 0. The van der Waals surface area contributed by atoms with Crippen molar-refractivity contribution < 1.29 is 21.7 Å². The van der Waals surface area contributed by atoms with Crippen molar-refractivity contribution in [3.63, 3.8) is 0 Å². The fraction of sp³-hybridized carbons (Fsp3) is 0.261. The third-order valence-electron chi connectivity index (χ3n) is 4.34. The molecule has 0 atom stereocenters. The molecule has 0 amide bonds. The van der Waals surface area contributed by atoms with Crippen LogP contribution in [0.5, 0.6) is 0 Å². The number of rotatable bonds is 2. The van der Waals surface area contributed by atoms with Gasteiger partial charge in [-0.1, -0.05) is 65.1 Å². The minimum absolute atomic E-state index is 0. The smallest absolute Gasteiger partial charge is 0.698 e. The molecule has 1 N–H and O–H groups in total. The zero-order valence-electron chi connectivity index (χ0n) is 16.7. The van der Waals surface area contributed by atoms with Crippen LogP contribution in [0.25, 0.3) is 11.3 Å². The molecule has 2 aromatic rings. The predicted molar refractivity (Wildman–Crippen MR) is 121 cm³/mol. The van der Waals surface area contributed by atoms with Gasteiger partial charge in [-0.2, -0.15) is 18.1 Å². The average Bonchev–Trinajstić information content (AvgIpc) is 2.99. The largest absolute Gasteiger partial charge is 2.00 e. The van der Waals surface area contributed by atoms with Crippen molar-refractivity contribution >= 4 is 36.1 Å². The van der Waals surface area contributed by atoms with Gasteiger partial charge in [-0.05, 0) is 34.1 Å². The molecule has 1 aliphatic rings. The van der Waals surface area contributed by atoms with Crippen molar-refractivity contribution in [1.29, 1.82) is 0 Å². The number of aryl methyl sites for hydroxylation is 3. The van der Waals surface area contributed by atoms with Crippen molar-refractivity contribution in [2.24, 2.45) is 0 Å². The molecule has 0 unspecified atom stereocenters. The number of hydrogen-bond donors (Lipinski definition) is 0. The molecule has 0 radical (unpaired) electrons. The summed E-state index contributed by atoms with van der Waals surface area (Å²) in [6.07, 6.45) is 7.81.